The largest absolute Gasteiger partial charge is 0.504 e. The Hall–Kier alpha value is -4.28. The number of benzene rings is 3. The summed E-state index contributed by atoms with van der Waals surface area (Å²) >= 11 is 0. The van der Waals surface area contributed by atoms with E-state index in [0.717, 1.165) is 54.1 Å². The number of hydrogen-bond acceptors (Lipinski definition) is 7. The van der Waals surface area contributed by atoms with Crippen LogP contribution in [-0.4, -0.2) is 55.0 Å². The van der Waals surface area contributed by atoms with Crippen molar-refractivity contribution in [2.45, 2.75) is 31.9 Å². The zero-order chi connectivity index (χ0) is 27.4. The number of nitrogens with zero attached hydrogens (tertiary/aromatic N) is 2. The Bertz CT molecular complexity index is 1360. The van der Waals surface area contributed by atoms with Crippen LogP contribution in [0.4, 0.5) is 21.9 Å². The number of phenols is 2. The fraction of sp³-hybridized carbons (Fsp3) is 0.310. The number of fused-ring (bicyclic) bond motifs is 1. The van der Waals surface area contributed by atoms with Gasteiger partial charge in [0, 0.05) is 42.9 Å². The second kappa shape index (κ2) is 11.6. The van der Waals surface area contributed by atoms with Gasteiger partial charge >= 0.3 is 6.09 Å². The van der Waals surface area contributed by atoms with Crippen LogP contribution in [0.15, 0.2) is 60.7 Å². The van der Waals surface area contributed by atoms with Gasteiger partial charge in [0.05, 0.1) is 12.8 Å². The number of nitrogens with one attached hydrogen (secondary N) is 1. The van der Waals surface area contributed by atoms with Crippen LogP contribution in [0.2, 0.25) is 0 Å². The van der Waals surface area contributed by atoms with Gasteiger partial charge in [0.15, 0.2) is 17.2 Å². The predicted octanol–water partition coefficient (Wildman–Crippen LogP) is 2.95. The number of quaternary nitrogens is 1. The number of hydrogen-bond donors (Lipinski definition) is 4. The first-order chi connectivity index (χ1) is 18.9. The number of piperidine rings is 1. The number of cyclic esters (lactones) is 1. The van der Waals surface area contributed by atoms with Gasteiger partial charge in [-0.2, -0.15) is 5.48 Å². The highest BCUT2D eigenvalue weighted by Crippen LogP contribution is 2.34. The molecular weight excluding hydrogens is 500 g/mol. The van der Waals surface area contributed by atoms with E-state index in [2.05, 4.69) is 10.2 Å². The first-order valence-corrected chi connectivity index (χ1v) is 13.0. The van der Waals surface area contributed by atoms with Crippen molar-refractivity contribution < 1.29 is 34.9 Å². The van der Waals surface area contributed by atoms with E-state index < -0.39 is 0 Å². The van der Waals surface area contributed by atoms with Crippen LogP contribution >= 0.6 is 0 Å². The molecule has 0 aliphatic carbocycles. The summed E-state index contributed by atoms with van der Waals surface area (Å²) in [4.78, 5) is 34.8. The van der Waals surface area contributed by atoms with Gasteiger partial charge in [0.1, 0.15) is 12.3 Å². The van der Waals surface area contributed by atoms with Crippen molar-refractivity contribution in [1.82, 2.24) is 5.32 Å². The molecular formula is C29H33N4O6+. The number of rotatable bonds is 8. The van der Waals surface area contributed by atoms with Gasteiger partial charge in [0.25, 0.3) is 5.91 Å². The van der Waals surface area contributed by atoms with Crippen molar-refractivity contribution in [3.05, 3.63) is 77.4 Å². The second-order valence-electron chi connectivity index (χ2n) is 9.73. The normalized spacial score (nSPS) is 15.6. The molecule has 1 saturated heterocycles. The minimum absolute atomic E-state index is 0.0469. The number of amides is 2. The summed E-state index contributed by atoms with van der Waals surface area (Å²) in [5, 5.41) is 22.0. The molecule has 2 amide bonds. The fourth-order valence-electron chi connectivity index (χ4n) is 5.24. The van der Waals surface area contributed by atoms with Gasteiger partial charge in [0.2, 0.25) is 0 Å². The van der Waals surface area contributed by atoms with Gasteiger partial charge in [-0.1, -0.05) is 24.3 Å². The van der Waals surface area contributed by atoms with Crippen molar-refractivity contribution in [3.8, 4) is 11.5 Å². The van der Waals surface area contributed by atoms with E-state index in [1.807, 2.05) is 36.4 Å². The van der Waals surface area contributed by atoms with E-state index in [4.69, 9.17) is 9.57 Å². The molecule has 0 saturated carbocycles. The lowest BCUT2D eigenvalue weighted by atomic mass is 9.99. The summed E-state index contributed by atoms with van der Waals surface area (Å²) < 4.78 is 5.42. The molecule has 2 aliphatic rings. The molecule has 10 heteroatoms. The third kappa shape index (κ3) is 5.76. The average molecular weight is 534 g/mol. The number of carbonyl (C=O) groups excluding carboxylic acids is 2. The minimum Gasteiger partial charge on any atom is -0.504 e. The average Bonchev–Trinajstić information content (AvgIpc) is 2.95. The molecule has 10 nitrogen and oxygen atoms in total. The molecule has 0 radical (unpaired) electrons. The monoisotopic (exact) mass is 533 g/mol. The highest BCUT2D eigenvalue weighted by molar-refractivity contribution is 5.95. The molecule has 5 N–H and O–H groups in total. The Balaban J connectivity index is 1.22. The fourth-order valence-corrected chi connectivity index (χ4v) is 5.24. The van der Waals surface area contributed by atoms with Crippen LogP contribution in [0.3, 0.4) is 0 Å². The number of nitrogens with two attached hydrogens (primary N) is 1. The summed E-state index contributed by atoms with van der Waals surface area (Å²) in [6.07, 6.45) is 1.78. The highest BCUT2D eigenvalue weighted by Gasteiger charge is 2.34. The molecule has 2 aliphatic heterocycles. The first-order valence-electron chi connectivity index (χ1n) is 13.0. The Morgan fingerprint density at radius 2 is 1.85 bits per heavy atom. The predicted molar refractivity (Wildman–Crippen MR) is 145 cm³/mol. The standard InChI is InChI=1S/C29H32N4O6/c1-38-31-23-17-20(28(36)30-13-10-19-6-9-26(34)27(35)16-19)7-8-25(23)32-14-11-22(12-15-32)33-24-5-3-2-4-21(24)18-39-29(33)37/h2-9,16-17,22,31,34-35H,10-15,18H2,1H3,(H,30,36)/p+1. The molecule has 3 aromatic carbocycles. The Kier molecular flexibility index (Phi) is 7.85. The zero-order valence-corrected chi connectivity index (χ0v) is 21.8. The number of aromatic hydroxyl groups is 2. The molecule has 0 unspecified atom stereocenters. The topological polar surface area (TPSA) is 128 Å². The molecule has 3 aromatic rings. The molecule has 0 aromatic heterocycles. The highest BCUT2D eigenvalue weighted by atomic mass is 16.6. The van der Waals surface area contributed by atoms with E-state index in [1.54, 1.807) is 29.6 Å². The van der Waals surface area contributed by atoms with Gasteiger partial charge in [-0.05, 0) is 55.2 Å². The number of anilines is 2. The van der Waals surface area contributed by atoms with Crippen molar-refractivity contribution in [2.75, 3.05) is 36.5 Å². The molecule has 204 valence electrons. The summed E-state index contributed by atoms with van der Waals surface area (Å²) in [5.74, 6) is -0.566. The molecule has 39 heavy (non-hydrogen) atoms. The molecule has 0 spiro atoms. The van der Waals surface area contributed by atoms with E-state index in [9.17, 15) is 19.8 Å². The van der Waals surface area contributed by atoms with Gasteiger partial charge < -0.3 is 25.2 Å². The van der Waals surface area contributed by atoms with Crippen LogP contribution in [0.25, 0.3) is 0 Å². The number of phenolic OH excluding ortho intramolecular Hbond substituents is 2. The Morgan fingerprint density at radius 3 is 2.62 bits per heavy atom. The SMILES string of the molecule is CO[NH2+]c1cc(C(=O)NCCc2ccc(O)c(O)c2)ccc1N1CCC(N2C(=O)OCc3ccccc32)CC1. The number of carbonyl (C=O) groups is 2. The van der Waals surface area contributed by atoms with Crippen molar-refractivity contribution in [3.63, 3.8) is 0 Å². The van der Waals surface area contributed by atoms with Crippen LogP contribution in [0.1, 0.15) is 34.3 Å². The Morgan fingerprint density at radius 1 is 1.05 bits per heavy atom. The van der Waals surface area contributed by atoms with E-state index in [0.29, 0.717) is 25.1 Å². The maximum atomic E-state index is 12.8. The molecule has 5 rings (SSSR count). The van der Waals surface area contributed by atoms with Gasteiger partial charge in [-0.15, -0.1) is 0 Å². The Labute approximate surface area is 226 Å². The van der Waals surface area contributed by atoms with Gasteiger partial charge in [-0.25, -0.2) is 9.63 Å². The smallest absolute Gasteiger partial charge is 0.414 e. The summed E-state index contributed by atoms with van der Waals surface area (Å²) in [7, 11) is 1.58. The maximum Gasteiger partial charge on any atom is 0.414 e. The van der Waals surface area contributed by atoms with Crippen molar-refractivity contribution in [2.24, 2.45) is 0 Å². The third-order valence-corrected chi connectivity index (χ3v) is 7.24. The van der Waals surface area contributed by atoms with Crippen LogP contribution < -0.4 is 20.6 Å². The lowest BCUT2D eigenvalue weighted by molar-refractivity contribution is -0.829. The quantitative estimate of drug-likeness (QED) is 0.199. The zero-order valence-electron chi connectivity index (χ0n) is 21.8. The lowest BCUT2D eigenvalue weighted by Gasteiger charge is -2.40. The van der Waals surface area contributed by atoms with Crippen LogP contribution in [-0.2, 0) is 22.6 Å². The third-order valence-electron chi connectivity index (χ3n) is 7.24. The number of para-hydroxylation sites is 1. The summed E-state index contributed by atoms with van der Waals surface area (Å²) in [6.45, 7) is 2.17. The van der Waals surface area contributed by atoms with Crippen molar-refractivity contribution >= 4 is 29.1 Å². The minimum atomic E-state index is -0.293. The van der Waals surface area contributed by atoms with Crippen LogP contribution in [0.5, 0.6) is 11.5 Å². The molecule has 0 atom stereocenters. The van der Waals surface area contributed by atoms with Crippen molar-refractivity contribution in [1.29, 1.82) is 0 Å². The van der Waals surface area contributed by atoms with E-state index in [-0.39, 0.29) is 29.5 Å². The number of ether oxygens (including phenoxy) is 1. The van der Waals surface area contributed by atoms with Crippen LogP contribution in [0, 0.1) is 0 Å². The molecule has 1 fully saturated rings. The maximum absolute atomic E-state index is 12.8. The van der Waals surface area contributed by atoms with E-state index >= 15 is 0 Å². The summed E-state index contributed by atoms with van der Waals surface area (Å²) in [5.41, 5.74) is 6.67. The second-order valence-corrected chi connectivity index (χ2v) is 9.73. The van der Waals surface area contributed by atoms with E-state index in [1.165, 1.54) is 12.1 Å². The molecule has 0 bridgehead atoms. The molecule has 2 heterocycles. The first kappa shape index (κ1) is 26.3. The summed E-state index contributed by atoms with van der Waals surface area (Å²) in [6, 6.07) is 18.1. The lowest BCUT2D eigenvalue weighted by Crippen LogP contribution is -2.76. The van der Waals surface area contributed by atoms with Gasteiger partial charge in [-0.3, -0.25) is 9.69 Å².